The first-order valence-electron chi connectivity index (χ1n) is 10.4. The molecule has 0 amide bonds. The Hall–Kier alpha value is -0.800. The number of fused-ring (bicyclic) bond motifs is 5. The van der Waals surface area contributed by atoms with Crippen molar-refractivity contribution in [2.45, 2.75) is 71.3 Å². The van der Waals surface area contributed by atoms with Gasteiger partial charge in [-0.15, -0.1) is 0 Å². The third-order valence-corrected chi connectivity index (χ3v) is 9.68. The zero-order valence-electron chi connectivity index (χ0n) is 16.0. The third kappa shape index (κ3) is 2.32. The second-order valence-electron chi connectivity index (χ2n) is 9.75. The molecule has 2 nitrogen and oxygen atoms in total. The molecule has 3 fully saturated rings. The minimum atomic E-state index is -0.119. The van der Waals surface area contributed by atoms with Gasteiger partial charge in [0.2, 0.25) is 5.12 Å². The fourth-order valence-corrected chi connectivity index (χ4v) is 8.29. The molecule has 0 aromatic heterocycles. The average Bonchev–Trinajstić information content (AvgIpc) is 3.18. The smallest absolute Gasteiger partial charge is 0.216 e. The van der Waals surface area contributed by atoms with E-state index in [9.17, 15) is 9.90 Å². The first-order valence-corrected chi connectivity index (χ1v) is 11.2. The number of allylic oxidation sites excluding steroid dienone is 3. The summed E-state index contributed by atoms with van der Waals surface area (Å²) in [6.07, 6.45) is 15.5. The van der Waals surface area contributed by atoms with Crippen LogP contribution in [0.2, 0.25) is 0 Å². The zero-order valence-corrected chi connectivity index (χ0v) is 16.8. The molecule has 4 aliphatic carbocycles. The van der Waals surface area contributed by atoms with Crippen LogP contribution in [0.5, 0.6) is 0 Å². The summed E-state index contributed by atoms with van der Waals surface area (Å²) >= 11 is 1.45. The SMILES string of the molecule is C[C@]12CC[C@@H](O)CC1=CC[C@@H]1[C@@H]2CC[C@]2(C)/C(=C3\C=CC(=O)S3)CC[C@@H]12. The van der Waals surface area contributed by atoms with E-state index < -0.39 is 0 Å². The summed E-state index contributed by atoms with van der Waals surface area (Å²) in [4.78, 5) is 13.0. The molecule has 5 rings (SSSR count). The number of hydrogen-bond acceptors (Lipinski definition) is 3. The van der Waals surface area contributed by atoms with Crippen molar-refractivity contribution < 1.29 is 9.90 Å². The van der Waals surface area contributed by atoms with Gasteiger partial charge in [0.15, 0.2) is 0 Å². The van der Waals surface area contributed by atoms with E-state index in [0.717, 1.165) is 37.0 Å². The quantitative estimate of drug-likeness (QED) is 0.581. The van der Waals surface area contributed by atoms with E-state index in [1.165, 1.54) is 48.8 Å². The highest BCUT2D eigenvalue weighted by Gasteiger charge is 2.57. The predicted octanol–water partition coefficient (Wildman–Crippen LogP) is 5.39. The van der Waals surface area contributed by atoms with Crippen molar-refractivity contribution >= 4 is 16.9 Å². The van der Waals surface area contributed by atoms with Crippen molar-refractivity contribution in [3.8, 4) is 0 Å². The van der Waals surface area contributed by atoms with E-state index in [2.05, 4.69) is 26.0 Å². The highest BCUT2D eigenvalue weighted by molar-refractivity contribution is 8.17. The first kappa shape index (κ1) is 17.3. The molecule has 5 aliphatic rings. The van der Waals surface area contributed by atoms with Crippen molar-refractivity contribution in [3.05, 3.63) is 34.3 Å². The molecule has 0 bridgehead atoms. The number of hydrogen-bond donors (Lipinski definition) is 1. The van der Waals surface area contributed by atoms with E-state index >= 15 is 0 Å². The fraction of sp³-hybridized carbons (Fsp3) is 0.696. The van der Waals surface area contributed by atoms with Gasteiger partial charge in [-0.2, -0.15) is 0 Å². The number of rotatable bonds is 0. The van der Waals surface area contributed by atoms with Crippen LogP contribution in [0.4, 0.5) is 0 Å². The number of aliphatic hydroxyl groups excluding tert-OH is 1. The Labute approximate surface area is 161 Å². The molecule has 140 valence electrons. The third-order valence-electron chi connectivity index (χ3n) is 8.74. The van der Waals surface area contributed by atoms with Crippen LogP contribution >= 0.6 is 11.8 Å². The van der Waals surface area contributed by atoms with Crippen molar-refractivity contribution in [3.63, 3.8) is 0 Å². The molecule has 0 saturated heterocycles. The number of thioether (sulfide) groups is 1. The van der Waals surface area contributed by atoms with Crippen LogP contribution < -0.4 is 0 Å². The normalized spacial score (nSPS) is 50.3. The minimum absolute atomic E-state index is 0.119. The summed E-state index contributed by atoms with van der Waals surface area (Å²) in [5.74, 6) is 2.32. The van der Waals surface area contributed by atoms with Gasteiger partial charge in [-0.1, -0.05) is 25.5 Å². The fourth-order valence-electron chi connectivity index (χ4n) is 7.34. The van der Waals surface area contributed by atoms with Crippen molar-refractivity contribution in [1.82, 2.24) is 0 Å². The number of aliphatic hydroxyl groups is 1. The lowest BCUT2D eigenvalue weighted by Gasteiger charge is -2.57. The molecule has 0 aromatic carbocycles. The molecule has 0 aromatic rings. The maximum absolute atomic E-state index is 11.7. The van der Waals surface area contributed by atoms with Crippen LogP contribution in [-0.2, 0) is 4.79 Å². The summed E-state index contributed by atoms with van der Waals surface area (Å²) in [7, 11) is 0. The molecule has 1 N–H and O–H groups in total. The summed E-state index contributed by atoms with van der Waals surface area (Å²) in [5.41, 5.74) is 3.73. The summed E-state index contributed by atoms with van der Waals surface area (Å²) < 4.78 is 0. The van der Waals surface area contributed by atoms with Gasteiger partial charge in [-0.25, -0.2) is 0 Å². The predicted molar refractivity (Wildman–Crippen MR) is 106 cm³/mol. The van der Waals surface area contributed by atoms with Crippen LogP contribution in [-0.4, -0.2) is 16.3 Å². The van der Waals surface area contributed by atoms with E-state index in [1.807, 2.05) is 0 Å². The summed E-state index contributed by atoms with van der Waals surface area (Å²) in [6, 6.07) is 0. The van der Waals surface area contributed by atoms with Gasteiger partial charge in [-0.3, -0.25) is 4.79 Å². The maximum Gasteiger partial charge on any atom is 0.216 e. The van der Waals surface area contributed by atoms with Crippen LogP contribution in [0, 0.1) is 28.6 Å². The van der Waals surface area contributed by atoms with Crippen LogP contribution in [0.25, 0.3) is 0 Å². The Balaban J connectivity index is 1.49. The van der Waals surface area contributed by atoms with Crippen LogP contribution in [0.1, 0.15) is 65.2 Å². The minimum Gasteiger partial charge on any atom is -0.393 e. The maximum atomic E-state index is 11.7. The Morgan fingerprint density at radius 3 is 2.62 bits per heavy atom. The second kappa shape index (κ2) is 5.85. The Kier molecular flexibility index (Phi) is 3.89. The standard InChI is InChI=1S/C23H30O2S/c1-22-11-9-15(24)13-14(22)3-4-16-17-5-6-19(20-7-8-21(25)26-20)23(17,2)12-10-18(16)22/h3,7-8,15-18,24H,4-6,9-13H2,1-2H3/b20-19+/t15-,16+,17+,18+,22+,23+/m1/s1. The molecule has 3 heteroatoms. The topological polar surface area (TPSA) is 37.3 Å². The van der Waals surface area contributed by atoms with E-state index in [4.69, 9.17) is 0 Å². The van der Waals surface area contributed by atoms with Gasteiger partial charge >= 0.3 is 0 Å². The van der Waals surface area contributed by atoms with Gasteiger partial charge in [0.05, 0.1) is 6.10 Å². The van der Waals surface area contributed by atoms with Crippen molar-refractivity contribution in [2.24, 2.45) is 28.6 Å². The summed E-state index contributed by atoms with van der Waals surface area (Å²) in [5, 5.41) is 10.3. The highest BCUT2D eigenvalue weighted by Crippen LogP contribution is 2.67. The van der Waals surface area contributed by atoms with Gasteiger partial charge < -0.3 is 5.11 Å². The second-order valence-corrected chi connectivity index (χ2v) is 10.8. The van der Waals surface area contributed by atoms with Gasteiger partial charge in [0, 0.05) is 4.91 Å². The molecule has 6 atom stereocenters. The molecule has 3 saturated carbocycles. The van der Waals surface area contributed by atoms with Crippen LogP contribution in [0.3, 0.4) is 0 Å². The average molecular weight is 371 g/mol. The Morgan fingerprint density at radius 1 is 1.08 bits per heavy atom. The van der Waals surface area contributed by atoms with Crippen LogP contribution in [0.15, 0.2) is 34.3 Å². The molecule has 1 heterocycles. The molecule has 0 unspecified atom stereocenters. The number of carbonyl (C=O) groups is 1. The van der Waals surface area contributed by atoms with Gasteiger partial charge in [-0.05, 0) is 109 Å². The van der Waals surface area contributed by atoms with Crippen molar-refractivity contribution in [2.75, 3.05) is 0 Å². The van der Waals surface area contributed by atoms with E-state index in [0.29, 0.717) is 5.41 Å². The molecular formula is C23H30O2S. The monoisotopic (exact) mass is 370 g/mol. The molecule has 26 heavy (non-hydrogen) atoms. The molecule has 0 spiro atoms. The largest absolute Gasteiger partial charge is 0.393 e. The van der Waals surface area contributed by atoms with E-state index in [-0.39, 0.29) is 16.6 Å². The lowest BCUT2D eigenvalue weighted by Crippen LogP contribution is -2.49. The molecular weight excluding hydrogens is 340 g/mol. The lowest BCUT2D eigenvalue weighted by molar-refractivity contribution is -0.106. The number of carbonyl (C=O) groups excluding carboxylic acids is 1. The molecule has 0 radical (unpaired) electrons. The zero-order chi connectivity index (χ0) is 18.1. The Bertz CT molecular complexity index is 747. The molecule has 1 aliphatic heterocycles. The lowest BCUT2D eigenvalue weighted by atomic mass is 9.48. The van der Waals surface area contributed by atoms with Gasteiger partial charge in [0.1, 0.15) is 0 Å². The van der Waals surface area contributed by atoms with Gasteiger partial charge in [0.25, 0.3) is 0 Å². The summed E-state index contributed by atoms with van der Waals surface area (Å²) in [6.45, 7) is 4.99. The Morgan fingerprint density at radius 2 is 1.85 bits per heavy atom. The van der Waals surface area contributed by atoms with Crippen molar-refractivity contribution in [1.29, 1.82) is 0 Å². The highest BCUT2D eigenvalue weighted by atomic mass is 32.2. The van der Waals surface area contributed by atoms with E-state index in [1.54, 1.807) is 17.2 Å². The first-order chi connectivity index (χ1) is 12.4.